The molecule has 2 N–H and O–H groups in total. The molecule has 0 amide bonds. The normalized spacial score (nSPS) is 14.1. The summed E-state index contributed by atoms with van der Waals surface area (Å²) in [6, 6.07) is 10.6. The van der Waals surface area contributed by atoms with Crippen molar-refractivity contribution in [2.75, 3.05) is 5.73 Å². The third-order valence-electron chi connectivity index (χ3n) is 4.17. The van der Waals surface area contributed by atoms with Crippen molar-refractivity contribution < 1.29 is 0 Å². The van der Waals surface area contributed by atoms with Gasteiger partial charge in [-0.25, -0.2) is 4.98 Å². The summed E-state index contributed by atoms with van der Waals surface area (Å²) < 4.78 is 0. The molecule has 0 saturated carbocycles. The molecule has 0 unspecified atom stereocenters. The number of nitrogens with zero attached hydrogens (tertiary/aromatic N) is 2. The molecule has 1 aromatic heterocycles. The monoisotopic (exact) mass is 277 g/mol. The van der Waals surface area contributed by atoms with Crippen LogP contribution >= 0.6 is 0 Å². The third kappa shape index (κ3) is 2.50. The van der Waals surface area contributed by atoms with Gasteiger partial charge in [-0.15, -0.1) is 0 Å². The Morgan fingerprint density at radius 1 is 1.19 bits per heavy atom. The fourth-order valence-electron chi connectivity index (χ4n) is 3.17. The standard InChI is InChI=1S/C18H19N3/c1-12-6-5-7-13(10-12)17-14-8-3-2-4-9-16(14)21-18(20)15(17)11-19/h5-7,10H,2-4,8-9H2,1H3,(H2,20,21). The highest BCUT2D eigenvalue weighted by Crippen LogP contribution is 2.35. The average Bonchev–Trinajstić information content (AvgIpc) is 2.70. The molecular weight excluding hydrogens is 258 g/mol. The number of anilines is 1. The second-order valence-corrected chi connectivity index (χ2v) is 5.71. The van der Waals surface area contributed by atoms with Gasteiger partial charge in [0.1, 0.15) is 17.5 Å². The minimum atomic E-state index is 0.370. The van der Waals surface area contributed by atoms with Gasteiger partial charge in [-0.05, 0) is 43.7 Å². The minimum Gasteiger partial charge on any atom is -0.383 e. The highest BCUT2D eigenvalue weighted by Gasteiger charge is 2.21. The Morgan fingerprint density at radius 2 is 2.00 bits per heavy atom. The molecule has 0 bridgehead atoms. The van der Waals surface area contributed by atoms with E-state index in [1.807, 2.05) is 6.07 Å². The van der Waals surface area contributed by atoms with Gasteiger partial charge in [0.05, 0.1) is 0 Å². The lowest BCUT2D eigenvalue weighted by atomic mass is 9.91. The molecule has 21 heavy (non-hydrogen) atoms. The van der Waals surface area contributed by atoms with Crippen LogP contribution in [-0.4, -0.2) is 4.98 Å². The molecule has 0 saturated heterocycles. The number of hydrogen-bond acceptors (Lipinski definition) is 3. The molecule has 1 heterocycles. The van der Waals surface area contributed by atoms with Gasteiger partial charge in [-0.1, -0.05) is 36.2 Å². The topological polar surface area (TPSA) is 62.7 Å². The minimum absolute atomic E-state index is 0.370. The van der Waals surface area contributed by atoms with Crippen LogP contribution in [0.3, 0.4) is 0 Å². The molecule has 0 spiro atoms. The number of nitriles is 1. The molecular formula is C18H19N3. The van der Waals surface area contributed by atoms with Gasteiger partial charge in [-0.2, -0.15) is 5.26 Å². The second kappa shape index (κ2) is 5.57. The van der Waals surface area contributed by atoms with Crippen molar-refractivity contribution in [2.45, 2.75) is 39.0 Å². The molecule has 1 aliphatic rings. The van der Waals surface area contributed by atoms with Gasteiger partial charge in [-0.3, -0.25) is 0 Å². The van der Waals surface area contributed by atoms with E-state index in [4.69, 9.17) is 5.73 Å². The Balaban J connectivity index is 2.31. The molecule has 3 nitrogen and oxygen atoms in total. The maximum Gasteiger partial charge on any atom is 0.142 e. The van der Waals surface area contributed by atoms with Gasteiger partial charge in [0.2, 0.25) is 0 Å². The van der Waals surface area contributed by atoms with Gasteiger partial charge >= 0.3 is 0 Å². The third-order valence-corrected chi connectivity index (χ3v) is 4.17. The van der Waals surface area contributed by atoms with E-state index in [1.165, 1.54) is 17.5 Å². The lowest BCUT2D eigenvalue weighted by Gasteiger charge is -2.16. The predicted molar refractivity (Wildman–Crippen MR) is 84.8 cm³/mol. The lowest BCUT2D eigenvalue weighted by molar-refractivity contribution is 0.709. The predicted octanol–water partition coefficient (Wildman–Crippen LogP) is 3.78. The molecule has 3 heteroatoms. The zero-order valence-electron chi connectivity index (χ0n) is 12.3. The Labute approximate surface area is 125 Å². The van der Waals surface area contributed by atoms with Crippen LogP contribution < -0.4 is 5.73 Å². The number of fused-ring (bicyclic) bond motifs is 1. The van der Waals surface area contributed by atoms with Crippen LogP contribution in [0.1, 0.15) is 41.6 Å². The van der Waals surface area contributed by atoms with Crippen LogP contribution in [0.25, 0.3) is 11.1 Å². The summed E-state index contributed by atoms with van der Waals surface area (Å²) >= 11 is 0. The molecule has 1 aromatic carbocycles. The van der Waals surface area contributed by atoms with Crippen molar-refractivity contribution in [3.63, 3.8) is 0 Å². The van der Waals surface area contributed by atoms with Crippen molar-refractivity contribution in [3.8, 4) is 17.2 Å². The van der Waals surface area contributed by atoms with Gasteiger partial charge in [0.15, 0.2) is 0 Å². The van der Waals surface area contributed by atoms with Crippen LogP contribution in [-0.2, 0) is 12.8 Å². The first-order valence-electron chi connectivity index (χ1n) is 7.49. The summed E-state index contributed by atoms with van der Waals surface area (Å²) in [6.07, 6.45) is 5.47. The zero-order valence-corrected chi connectivity index (χ0v) is 12.3. The Kier molecular flexibility index (Phi) is 3.62. The number of pyridine rings is 1. The van der Waals surface area contributed by atoms with Gasteiger partial charge in [0, 0.05) is 11.3 Å². The first-order chi connectivity index (χ1) is 10.2. The van der Waals surface area contributed by atoms with E-state index in [-0.39, 0.29) is 0 Å². The Hall–Kier alpha value is -2.34. The molecule has 2 aromatic rings. The number of hydrogen-bond donors (Lipinski definition) is 1. The highest BCUT2D eigenvalue weighted by molar-refractivity contribution is 5.79. The fourth-order valence-corrected chi connectivity index (χ4v) is 3.17. The SMILES string of the molecule is Cc1cccc(-c2c(C#N)c(N)nc3c2CCCCC3)c1. The summed E-state index contributed by atoms with van der Waals surface area (Å²) in [5.74, 6) is 0.370. The largest absolute Gasteiger partial charge is 0.383 e. The average molecular weight is 277 g/mol. The first kappa shape index (κ1) is 13.6. The zero-order chi connectivity index (χ0) is 14.8. The van der Waals surface area contributed by atoms with Crippen molar-refractivity contribution in [3.05, 3.63) is 46.6 Å². The van der Waals surface area contributed by atoms with E-state index in [9.17, 15) is 5.26 Å². The molecule has 0 aliphatic heterocycles. The van der Waals surface area contributed by atoms with Crippen LogP contribution in [0.5, 0.6) is 0 Å². The molecule has 3 rings (SSSR count). The van der Waals surface area contributed by atoms with Crippen molar-refractivity contribution in [1.29, 1.82) is 5.26 Å². The fraction of sp³-hybridized carbons (Fsp3) is 0.333. The number of aromatic nitrogens is 1. The van der Waals surface area contributed by atoms with Gasteiger partial charge in [0.25, 0.3) is 0 Å². The molecule has 0 fully saturated rings. The number of aryl methyl sites for hydroxylation is 2. The Morgan fingerprint density at radius 3 is 2.76 bits per heavy atom. The Bertz CT molecular complexity index is 726. The summed E-state index contributed by atoms with van der Waals surface area (Å²) in [5, 5.41) is 9.53. The first-order valence-corrected chi connectivity index (χ1v) is 7.49. The summed E-state index contributed by atoms with van der Waals surface area (Å²) in [5.41, 5.74) is 12.2. The van der Waals surface area contributed by atoms with Crippen LogP contribution in [0.15, 0.2) is 24.3 Å². The second-order valence-electron chi connectivity index (χ2n) is 5.71. The van der Waals surface area contributed by atoms with E-state index < -0.39 is 0 Å². The van der Waals surface area contributed by atoms with E-state index in [0.717, 1.165) is 42.5 Å². The summed E-state index contributed by atoms with van der Waals surface area (Å²) in [6.45, 7) is 2.07. The molecule has 0 atom stereocenters. The van der Waals surface area contributed by atoms with E-state index >= 15 is 0 Å². The number of benzene rings is 1. The summed E-state index contributed by atoms with van der Waals surface area (Å²) in [4.78, 5) is 4.51. The molecule has 106 valence electrons. The number of nitrogens with two attached hydrogens (primary N) is 1. The van der Waals surface area contributed by atoms with Crippen LogP contribution in [0, 0.1) is 18.3 Å². The van der Waals surface area contributed by atoms with Crippen molar-refractivity contribution >= 4 is 5.82 Å². The van der Waals surface area contributed by atoms with Crippen molar-refractivity contribution in [2.24, 2.45) is 0 Å². The van der Waals surface area contributed by atoms with Crippen LogP contribution in [0.2, 0.25) is 0 Å². The smallest absolute Gasteiger partial charge is 0.142 e. The summed E-state index contributed by atoms with van der Waals surface area (Å²) in [7, 11) is 0. The van der Waals surface area contributed by atoms with Crippen LogP contribution in [0.4, 0.5) is 5.82 Å². The number of nitrogen functional groups attached to an aromatic ring is 1. The lowest BCUT2D eigenvalue weighted by Crippen LogP contribution is -2.07. The maximum absolute atomic E-state index is 9.53. The highest BCUT2D eigenvalue weighted by atomic mass is 14.9. The molecule has 0 radical (unpaired) electrons. The van der Waals surface area contributed by atoms with Crippen molar-refractivity contribution in [1.82, 2.24) is 4.98 Å². The van der Waals surface area contributed by atoms with Gasteiger partial charge < -0.3 is 5.73 Å². The number of rotatable bonds is 1. The molecule has 1 aliphatic carbocycles. The maximum atomic E-state index is 9.53. The quantitative estimate of drug-likeness (QED) is 0.807. The van der Waals surface area contributed by atoms with E-state index in [2.05, 4.69) is 36.2 Å². The van der Waals surface area contributed by atoms with E-state index in [1.54, 1.807) is 0 Å². The van der Waals surface area contributed by atoms with E-state index in [0.29, 0.717) is 11.4 Å².